The molecule has 19 heavy (non-hydrogen) atoms. The number of anilines is 1. The second kappa shape index (κ2) is 7.70. The lowest BCUT2D eigenvalue weighted by Crippen LogP contribution is -2.30. The van der Waals surface area contributed by atoms with Gasteiger partial charge in [-0.25, -0.2) is 0 Å². The normalized spacial score (nSPS) is 10.2. The molecule has 1 aromatic carbocycles. The van der Waals surface area contributed by atoms with E-state index in [9.17, 15) is 0 Å². The van der Waals surface area contributed by atoms with E-state index in [0.717, 1.165) is 0 Å². The minimum atomic E-state index is -0.0251. The molecule has 0 atom stereocenters. The molecule has 0 heterocycles. The van der Waals surface area contributed by atoms with Crippen LogP contribution in [0, 0.1) is 0 Å². The molecule has 0 aliphatic carbocycles. The van der Waals surface area contributed by atoms with Crippen LogP contribution in [0.5, 0.6) is 17.2 Å². The monoisotopic (exact) mass is 271 g/mol. The average Bonchev–Trinajstić information content (AvgIpc) is 2.45. The summed E-state index contributed by atoms with van der Waals surface area (Å²) < 4.78 is 15.8. The predicted molar refractivity (Wildman–Crippen MR) is 72.5 cm³/mol. The van der Waals surface area contributed by atoms with E-state index in [2.05, 4.69) is 0 Å². The Labute approximate surface area is 113 Å². The van der Waals surface area contributed by atoms with E-state index in [1.165, 1.54) is 0 Å². The third kappa shape index (κ3) is 3.65. The van der Waals surface area contributed by atoms with E-state index in [0.29, 0.717) is 36.0 Å². The standard InChI is InChI=1S/C13H21NO5/c1-17-10-8-11(14(4-6-15)5-7-16)13(19-3)12(9-10)18-2/h8-9,15-16H,4-7H2,1-3H3. The fourth-order valence-corrected chi connectivity index (χ4v) is 1.87. The van der Waals surface area contributed by atoms with Crippen LogP contribution in [0.15, 0.2) is 12.1 Å². The summed E-state index contributed by atoms with van der Waals surface area (Å²) in [7, 11) is 4.65. The van der Waals surface area contributed by atoms with Crippen LogP contribution >= 0.6 is 0 Å². The van der Waals surface area contributed by atoms with Gasteiger partial charge in [-0.15, -0.1) is 0 Å². The topological polar surface area (TPSA) is 71.4 Å². The fraction of sp³-hybridized carbons (Fsp3) is 0.538. The molecule has 0 aliphatic heterocycles. The van der Waals surface area contributed by atoms with Crippen LogP contribution < -0.4 is 19.1 Å². The van der Waals surface area contributed by atoms with Gasteiger partial charge in [0, 0.05) is 25.2 Å². The zero-order valence-corrected chi connectivity index (χ0v) is 11.5. The van der Waals surface area contributed by atoms with Gasteiger partial charge >= 0.3 is 0 Å². The molecular weight excluding hydrogens is 250 g/mol. The number of methoxy groups -OCH3 is 3. The van der Waals surface area contributed by atoms with Gasteiger partial charge in [0.15, 0.2) is 11.5 Å². The quantitative estimate of drug-likeness (QED) is 0.717. The Hall–Kier alpha value is -1.66. The summed E-state index contributed by atoms with van der Waals surface area (Å²) in [5, 5.41) is 18.2. The number of ether oxygens (including phenoxy) is 3. The second-order valence-electron chi connectivity index (χ2n) is 3.82. The summed E-state index contributed by atoms with van der Waals surface area (Å²) >= 11 is 0. The van der Waals surface area contributed by atoms with Crippen molar-refractivity contribution < 1.29 is 24.4 Å². The van der Waals surface area contributed by atoms with Gasteiger partial charge in [-0.05, 0) is 0 Å². The van der Waals surface area contributed by atoms with Gasteiger partial charge in [0.1, 0.15) is 5.75 Å². The number of rotatable bonds is 8. The summed E-state index contributed by atoms with van der Waals surface area (Å²) in [5.74, 6) is 1.71. The fourth-order valence-electron chi connectivity index (χ4n) is 1.87. The largest absolute Gasteiger partial charge is 0.497 e. The molecule has 0 amide bonds. The zero-order chi connectivity index (χ0) is 14.3. The zero-order valence-electron chi connectivity index (χ0n) is 11.5. The highest BCUT2D eigenvalue weighted by molar-refractivity contribution is 5.68. The number of benzene rings is 1. The van der Waals surface area contributed by atoms with Crippen molar-refractivity contribution in [2.75, 3.05) is 52.5 Å². The highest BCUT2D eigenvalue weighted by Gasteiger charge is 2.18. The Kier molecular flexibility index (Phi) is 6.24. The molecule has 0 aromatic heterocycles. The van der Waals surface area contributed by atoms with Crippen molar-refractivity contribution in [3.63, 3.8) is 0 Å². The average molecular weight is 271 g/mol. The van der Waals surface area contributed by atoms with Crippen LogP contribution in [-0.4, -0.2) is 57.8 Å². The lowest BCUT2D eigenvalue weighted by atomic mass is 10.2. The Bertz CT molecular complexity index is 391. The molecule has 0 radical (unpaired) electrons. The van der Waals surface area contributed by atoms with E-state index < -0.39 is 0 Å². The van der Waals surface area contributed by atoms with E-state index in [-0.39, 0.29) is 13.2 Å². The molecule has 0 spiro atoms. The Morgan fingerprint density at radius 2 is 1.58 bits per heavy atom. The van der Waals surface area contributed by atoms with Gasteiger partial charge in [-0.2, -0.15) is 0 Å². The molecule has 0 unspecified atom stereocenters. The molecule has 0 saturated heterocycles. The van der Waals surface area contributed by atoms with Crippen LogP contribution in [-0.2, 0) is 0 Å². The Morgan fingerprint density at radius 3 is 2.00 bits per heavy atom. The molecule has 0 aliphatic rings. The number of hydrogen-bond acceptors (Lipinski definition) is 6. The Balaban J connectivity index is 3.26. The smallest absolute Gasteiger partial charge is 0.184 e. The molecule has 0 fully saturated rings. The summed E-state index contributed by atoms with van der Waals surface area (Å²) in [6.45, 7) is 0.714. The molecule has 1 rings (SSSR count). The molecule has 0 bridgehead atoms. The minimum Gasteiger partial charge on any atom is -0.497 e. The SMILES string of the molecule is COc1cc(OC)c(OC)c(N(CCO)CCO)c1. The maximum Gasteiger partial charge on any atom is 0.184 e. The maximum absolute atomic E-state index is 9.11. The number of aliphatic hydroxyl groups excluding tert-OH is 2. The van der Waals surface area contributed by atoms with Gasteiger partial charge in [-0.3, -0.25) is 0 Å². The summed E-state index contributed by atoms with van der Waals surface area (Å²) in [6.07, 6.45) is 0. The molecule has 2 N–H and O–H groups in total. The summed E-state index contributed by atoms with van der Waals surface area (Å²) in [6, 6.07) is 3.51. The maximum atomic E-state index is 9.11. The number of nitrogens with zero attached hydrogens (tertiary/aromatic N) is 1. The third-order valence-electron chi connectivity index (χ3n) is 2.75. The van der Waals surface area contributed by atoms with Gasteiger partial charge in [-0.1, -0.05) is 0 Å². The lowest BCUT2D eigenvalue weighted by Gasteiger charge is -2.26. The molecular formula is C13H21NO5. The first kappa shape index (κ1) is 15.4. The highest BCUT2D eigenvalue weighted by atomic mass is 16.5. The first-order valence-corrected chi connectivity index (χ1v) is 5.98. The molecule has 0 saturated carbocycles. The van der Waals surface area contributed by atoms with Crippen molar-refractivity contribution in [1.82, 2.24) is 0 Å². The van der Waals surface area contributed by atoms with Crippen molar-refractivity contribution in [3.05, 3.63) is 12.1 Å². The van der Waals surface area contributed by atoms with Crippen LogP contribution in [0.4, 0.5) is 5.69 Å². The first-order chi connectivity index (χ1) is 9.21. The van der Waals surface area contributed by atoms with Crippen molar-refractivity contribution in [2.45, 2.75) is 0 Å². The van der Waals surface area contributed by atoms with Crippen molar-refractivity contribution in [1.29, 1.82) is 0 Å². The summed E-state index contributed by atoms with van der Waals surface area (Å²) in [4.78, 5) is 1.81. The van der Waals surface area contributed by atoms with Crippen molar-refractivity contribution in [3.8, 4) is 17.2 Å². The van der Waals surface area contributed by atoms with E-state index in [1.807, 2.05) is 4.90 Å². The van der Waals surface area contributed by atoms with Crippen LogP contribution in [0.25, 0.3) is 0 Å². The first-order valence-electron chi connectivity index (χ1n) is 5.98. The number of hydrogen-bond donors (Lipinski definition) is 2. The lowest BCUT2D eigenvalue weighted by molar-refractivity contribution is 0.279. The molecule has 108 valence electrons. The summed E-state index contributed by atoms with van der Waals surface area (Å²) in [5.41, 5.74) is 0.710. The Morgan fingerprint density at radius 1 is 0.947 bits per heavy atom. The molecule has 6 nitrogen and oxygen atoms in total. The molecule has 1 aromatic rings. The van der Waals surface area contributed by atoms with Gasteiger partial charge in [0.2, 0.25) is 0 Å². The highest BCUT2D eigenvalue weighted by Crippen LogP contribution is 2.41. The van der Waals surface area contributed by atoms with E-state index >= 15 is 0 Å². The van der Waals surface area contributed by atoms with Crippen LogP contribution in [0.1, 0.15) is 0 Å². The third-order valence-corrected chi connectivity index (χ3v) is 2.75. The van der Waals surface area contributed by atoms with Gasteiger partial charge < -0.3 is 29.3 Å². The predicted octanol–water partition coefficient (Wildman–Crippen LogP) is 0.503. The van der Waals surface area contributed by atoms with E-state index in [1.54, 1.807) is 33.5 Å². The van der Waals surface area contributed by atoms with Crippen molar-refractivity contribution >= 4 is 5.69 Å². The number of aliphatic hydroxyl groups is 2. The van der Waals surface area contributed by atoms with Crippen LogP contribution in [0.3, 0.4) is 0 Å². The minimum absolute atomic E-state index is 0.0251. The van der Waals surface area contributed by atoms with Crippen molar-refractivity contribution in [2.24, 2.45) is 0 Å². The van der Waals surface area contributed by atoms with Gasteiger partial charge in [0.05, 0.1) is 40.2 Å². The second-order valence-corrected chi connectivity index (χ2v) is 3.82. The molecule has 6 heteroatoms. The van der Waals surface area contributed by atoms with E-state index in [4.69, 9.17) is 24.4 Å². The van der Waals surface area contributed by atoms with Gasteiger partial charge in [0.25, 0.3) is 0 Å². The van der Waals surface area contributed by atoms with Crippen LogP contribution in [0.2, 0.25) is 0 Å².